The first kappa shape index (κ1) is 12.5. The smallest absolute Gasteiger partial charge is 0.227 e. The predicted molar refractivity (Wildman–Crippen MR) is 62.3 cm³/mol. The molecule has 0 aromatic heterocycles. The van der Waals surface area contributed by atoms with Crippen molar-refractivity contribution in [3.8, 4) is 0 Å². The third-order valence-electron chi connectivity index (χ3n) is 4.42. The molecule has 0 aromatic rings. The SMILES string of the molecule is CC(C)(CN)C(=O)NC1C(C)(C)C1(C)C. The minimum atomic E-state index is -0.464. The first-order chi connectivity index (χ1) is 6.57. The maximum absolute atomic E-state index is 11.9. The molecule has 88 valence electrons. The molecular weight excluding hydrogens is 188 g/mol. The fraction of sp³-hybridized carbons (Fsp3) is 0.917. The van der Waals surface area contributed by atoms with Gasteiger partial charge in [0.15, 0.2) is 0 Å². The molecule has 0 radical (unpaired) electrons. The summed E-state index contributed by atoms with van der Waals surface area (Å²) in [6.07, 6.45) is 0. The molecule has 1 amide bonds. The van der Waals surface area contributed by atoms with Crippen molar-refractivity contribution in [2.45, 2.75) is 47.6 Å². The largest absolute Gasteiger partial charge is 0.352 e. The molecule has 0 atom stereocenters. The van der Waals surface area contributed by atoms with Crippen LogP contribution in [0.5, 0.6) is 0 Å². The first-order valence-electron chi connectivity index (χ1n) is 5.58. The summed E-state index contributed by atoms with van der Waals surface area (Å²) in [6, 6.07) is 0.267. The second kappa shape index (κ2) is 3.21. The van der Waals surface area contributed by atoms with E-state index in [0.717, 1.165) is 0 Å². The van der Waals surface area contributed by atoms with E-state index in [9.17, 15) is 4.79 Å². The highest BCUT2D eigenvalue weighted by molar-refractivity contribution is 5.83. The molecule has 1 saturated carbocycles. The molecule has 3 nitrogen and oxygen atoms in total. The maximum atomic E-state index is 11.9. The third kappa shape index (κ3) is 1.78. The molecule has 0 aliphatic heterocycles. The quantitative estimate of drug-likeness (QED) is 0.745. The Morgan fingerprint density at radius 1 is 1.27 bits per heavy atom. The normalized spacial score (nSPS) is 23.7. The Kier molecular flexibility index (Phi) is 2.67. The highest BCUT2D eigenvalue weighted by atomic mass is 16.2. The lowest BCUT2D eigenvalue weighted by Gasteiger charge is -2.22. The number of hydrogen-bond donors (Lipinski definition) is 2. The number of nitrogens with one attached hydrogen (secondary N) is 1. The highest BCUT2D eigenvalue weighted by Crippen LogP contribution is 2.62. The summed E-state index contributed by atoms with van der Waals surface area (Å²) in [5, 5.41) is 3.11. The van der Waals surface area contributed by atoms with Crippen LogP contribution in [-0.2, 0) is 4.79 Å². The van der Waals surface area contributed by atoms with E-state index in [-0.39, 0.29) is 22.8 Å². The average molecular weight is 212 g/mol. The Balaban J connectivity index is 2.64. The summed E-state index contributed by atoms with van der Waals surface area (Å²) in [7, 11) is 0. The van der Waals surface area contributed by atoms with Gasteiger partial charge in [-0.3, -0.25) is 4.79 Å². The molecule has 0 unspecified atom stereocenters. The van der Waals surface area contributed by atoms with Gasteiger partial charge >= 0.3 is 0 Å². The van der Waals surface area contributed by atoms with Gasteiger partial charge in [0, 0.05) is 12.6 Å². The predicted octanol–water partition coefficient (Wildman–Crippen LogP) is 1.52. The summed E-state index contributed by atoms with van der Waals surface area (Å²) in [4.78, 5) is 11.9. The number of amides is 1. The van der Waals surface area contributed by atoms with Crippen LogP contribution in [0.1, 0.15) is 41.5 Å². The molecule has 15 heavy (non-hydrogen) atoms. The molecule has 1 fully saturated rings. The lowest BCUT2D eigenvalue weighted by molar-refractivity contribution is -0.129. The van der Waals surface area contributed by atoms with Crippen molar-refractivity contribution in [2.24, 2.45) is 22.0 Å². The molecule has 1 rings (SSSR count). The Bertz CT molecular complexity index is 265. The van der Waals surface area contributed by atoms with E-state index in [2.05, 4.69) is 33.0 Å². The Morgan fingerprint density at radius 3 is 1.93 bits per heavy atom. The van der Waals surface area contributed by atoms with Gasteiger partial charge < -0.3 is 11.1 Å². The lowest BCUT2D eigenvalue weighted by atomic mass is 9.92. The summed E-state index contributed by atoms with van der Waals surface area (Å²) in [6.45, 7) is 12.9. The van der Waals surface area contributed by atoms with Crippen LogP contribution < -0.4 is 11.1 Å². The Labute approximate surface area is 92.8 Å². The van der Waals surface area contributed by atoms with Gasteiger partial charge in [-0.15, -0.1) is 0 Å². The summed E-state index contributed by atoms with van der Waals surface area (Å²) < 4.78 is 0. The summed E-state index contributed by atoms with van der Waals surface area (Å²) in [5.74, 6) is 0.0636. The van der Waals surface area contributed by atoms with Gasteiger partial charge in [0.1, 0.15) is 0 Å². The van der Waals surface area contributed by atoms with Gasteiger partial charge in [0.25, 0.3) is 0 Å². The van der Waals surface area contributed by atoms with Crippen molar-refractivity contribution in [2.75, 3.05) is 6.54 Å². The van der Waals surface area contributed by atoms with Gasteiger partial charge in [-0.25, -0.2) is 0 Å². The van der Waals surface area contributed by atoms with Crippen LogP contribution in [-0.4, -0.2) is 18.5 Å². The number of hydrogen-bond acceptors (Lipinski definition) is 2. The van der Waals surface area contributed by atoms with Gasteiger partial charge in [-0.1, -0.05) is 27.7 Å². The number of rotatable bonds is 3. The van der Waals surface area contributed by atoms with Gasteiger partial charge in [0.05, 0.1) is 5.41 Å². The standard InChI is InChI=1S/C12H24N2O/c1-10(2,7-13)9(15)14-8-11(3,4)12(8,5)6/h8H,7,13H2,1-6H3,(H,14,15). The fourth-order valence-electron chi connectivity index (χ4n) is 1.98. The molecule has 3 heteroatoms. The summed E-state index contributed by atoms with van der Waals surface area (Å²) >= 11 is 0. The molecule has 3 N–H and O–H groups in total. The number of nitrogens with two attached hydrogens (primary N) is 1. The molecule has 0 heterocycles. The zero-order valence-electron chi connectivity index (χ0n) is 10.8. The van der Waals surface area contributed by atoms with E-state index in [1.54, 1.807) is 0 Å². The second-order valence-electron chi connectivity index (χ2n) is 6.44. The minimum absolute atomic E-state index is 0.0636. The van der Waals surface area contributed by atoms with E-state index in [4.69, 9.17) is 5.73 Å². The van der Waals surface area contributed by atoms with Gasteiger partial charge in [-0.2, -0.15) is 0 Å². The average Bonchev–Trinajstić information content (AvgIpc) is 2.48. The Morgan fingerprint density at radius 2 is 1.67 bits per heavy atom. The van der Waals surface area contributed by atoms with E-state index in [0.29, 0.717) is 6.54 Å². The van der Waals surface area contributed by atoms with Crippen molar-refractivity contribution >= 4 is 5.91 Å². The fourth-order valence-corrected chi connectivity index (χ4v) is 1.98. The van der Waals surface area contributed by atoms with Crippen molar-refractivity contribution in [1.82, 2.24) is 5.32 Å². The maximum Gasteiger partial charge on any atom is 0.227 e. The number of carbonyl (C=O) groups is 1. The number of carbonyl (C=O) groups excluding carboxylic acids is 1. The van der Waals surface area contributed by atoms with Crippen LogP contribution >= 0.6 is 0 Å². The molecular formula is C12H24N2O. The van der Waals surface area contributed by atoms with Gasteiger partial charge in [-0.05, 0) is 24.7 Å². The minimum Gasteiger partial charge on any atom is -0.352 e. The topological polar surface area (TPSA) is 55.1 Å². The van der Waals surface area contributed by atoms with Crippen LogP contribution in [0.3, 0.4) is 0 Å². The van der Waals surface area contributed by atoms with E-state index in [1.165, 1.54) is 0 Å². The van der Waals surface area contributed by atoms with Crippen molar-refractivity contribution < 1.29 is 4.79 Å². The second-order valence-corrected chi connectivity index (χ2v) is 6.44. The first-order valence-corrected chi connectivity index (χ1v) is 5.58. The van der Waals surface area contributed by atoms with Crippen LogP contribution in [0.2, 0.25) is 0 Å². The van der Waals surface area contributed by atoms with Crippen LogP contribution in [0, 0.1) is 16.2 Å². The summed E-state index contributed by atoms with van der Waals surface area (Å²) in [5.41, 5.74) is 5.49. The molecule has 1 aliphatic rings. The molecule has 0 spiro atoms. The Hall–Kier alpha value is -0.570. The molecule has 0 saturated heterocycles. The van der Waals surface area contributed by atoms with Gasteiger partial charge in [0.2, 0.25) is 5.91 Å². The van der Waals surface area contributed by atoms with Crippen molar-refractivity contribution in [3.63, 3.8) is 0 Å². The van der Waals surface area contributed by atoms with Crippen LogP contribution in [0.25, 0.3) is 0 Å². The molecule has 0 aromatic carbocycles. The van der Waals surface area contributed by atoms with Crippen LogP contribution in [0.4, 0.5) is 0 Å². The van der Waals surface area contributed by atoms with E-state index >= 15 is 0 Å². The lowest BCUT2D eigenvalue weighted by Crippen LogP contribution is -2.44. The van der Waals surface area contributed by atoms with Crippen molar-refractivity contribution in [1.29, 1.82) is 0 Å². The van der Waals surface area contributed by atoms with E-state index in [1.807, 2.05) is 13.8 Å². The zero-order valence-corrected chi connectivity index (χ0v) is 10.8. The highest BCUT2D eigenvalue weighted by Gasteiger charge is 2.65. The third-order valence-corrected chi connectivity index (χ3v) is 4.42. The zero-order chi connectivity index (χ0) is 12.1. The van der Waals surface area contributed by atoms with Crippen LogP contribution in [0.15, 0.2) is 0 Å². The monoisotopic (exact) mass is 212 g/mol. The van der Waals surface area contributed by atoms with Crippen molar-refractivity contribution in [3.05, 3.63) is 0 Å². The molecule has 1 aliphatic carbocycles. The molecule has 0 bridgehead atoms. The van der Waals surface area contributed by atoms with E-state index < -0.39 is 5.41 Å².